The highest BCUT2D eigenvalue weighted by Crippen LogP contribution is 2.40. The minimum atomic E-state index is 0.391. The fourth-order valence-corrected chi connectivity index (χ4v) is 2.27. The Labute approximate surface area is 98.4 Å². The van der Waals surface area contributed by atoms with Gasteiger partial charge in [0.05, 0.1) is 0 Å². The molecule has 0 radical (unpaired) electrons. The summed E-state index contributed by atoms with van der Waals surface area (Å²) >= 11 is 5.64. The van der Waals surface area contributed by atoms with E-state index in [1.165, 1.54) is 5.71 Å². The molecule has 2 unspecified atom stereocenters. The maximum atomic E-state index is 5.64. The molecule has 0 spiro atoms. The van der Waals surface area contributed by atoms with Gasteiger partial charge in [0.1, 0.15) is 0 Å². The van der Waals surface area contributed by atoms with E-state index < -0.39 is 0 Å². The largest absolute Gasteiger partial charge is 0.260 e. The van der Waals surface area contributed by atoms with Gasteiger partial charge in [0, 0.05) is 11.6 Å². The highest BCUT2D eigenvalue weighted by molar-refractivity contribution is 6.29. The molecule has 0 aliphatic heterocycles. The summed E-state index contributed by atoms with van der Waals surface area (Å²) in [6, 6.07) is 3.46. The van der Waals surface area contributed by atoms with Crippen LogP contribution in [-0.4, -0.2) is 15.9 Å². The number of hydrazone groups is 1. The molecule has 1 N–H and O–H groups in total. The molecule has 0 bridgehead atoms. The van der Waals surface area contributed by atoms with E-state index in [2.05, 4.69) is 32.9 Å². The van der Waals surface area contributed by atoms with E-state index in [0.717, 1.165) is 18.8 Å². The molecule has 0 aromatic carbocycles. The number of aromatic nitrogens is 2. The molecule has 1 aromatic heterocycles. The Bertz CT molecular complexity index is 452. The molecule has 0 amide bonds. The zero-order valence-electron chi connectivity index (χ0n) is 8.60. The molecule has 0 saturated heterocycles. The average molecular weight is 235 g/mol. The Morgan fingerprint density at radius 3 is 3.06 bits per heavy atom. The molecule has 1 saturated carbocycles. The van der Waals surface area contributed by atoms with Crippen molar-refractivity contribution in [1.29, 1.82) is 0 Å². The lowest BCUT2D eigenvalue weighted by Crippen LogP contribution is -2.33. The Morgan fingerprint density at radius 1 is 1.38 bits per heavy atom. The first-order chi connectivity index (χ1) is 7.83. The fourth-order valence-electron chi connectivity index (χ4n) is 2.17. The Balaban J connectivity index is 1.64. The zero-order valence-corrected chi connectivity index (χ0v) is 9.35. The van der Waals surface area contributed by atoms with Crippen molar-refractivity contribution in [3.63, 3.8) is 0 Å². The van der Waals surface area contributed by atoms with Crippen molar-refractivity contribution in [2.45, 2.75) is 12.8 Å². The van der Waals surface area contributed by atoms with Crippen LogP contribution in [0.15, 0.2) is 29.4 Å². The number of hydrogen-bond acceptors (Lipinski definition) is 4. The maximum absolute atomic E-state index is 5.64. The van der Waals surface area contributed by atoms with E-state index in [4.69, 9.17) is 11.6 Å². The number of rotatable bonds is 2. The van der Waals surface area contributed by atoms with Gasteiger partial charge in [0.15, 0.2) is 11.0 Å². The molecular formula is C11H11ClN4. The summed E-state index contributed by atoms with van der Waals surface area (Å²) < 4.78 is 0. The lowest BCUT2D eigenvalue weighted by molar-refractivity contribution is 0.466. The number of nitrogens with one attached hydrogen (secondary N) is 1. The minimum absolute atomic E-state index is 0.391. The third-order valence-electron chi connectivity index (χ3n) is 3.11. The second kappa shape index (κ2) is 3.87. The monoisotopic (exact) mass is 234 g/mol. The van der Waals surface area contributed by atoms with Gasteiger partial charge in [-0.1, -0.05) is 23.8 Å². The van der Waals surface area contributed by atoms with Crippen LogP contribution >= 0.6 is 11.6 Å². The number of hydrogen-bond donors (Lipinski definition) is 1. The van der Waals surface area contributed by atoms with Crippen LogP contribution in [0.4, 0.5) is 5.82 Å². The lowest BCUT2D eigenvalue weighted by atomic mass is 9.74. The van der Waals surface area contributed by atoms with Gasteiger partial charge in [-0.2, -0.15) is 5.10 Å². The highest BCUT2D eigenvalue weighted by Gasteiger charge is 2.37. The van der Waals surface area contributed by atoms with Crippen LogP contribution in [0, 0.1) is 11.8 Å². The van der Waals surface area contributed by atoms with E-state index in [1.54, 1.807) is 12.1 Å². The van der Waals surface area contributed by atoms with Gasteiger partial charge in [-0.3, -0.25) is 5.43 Å². The third-order valence-corrected chi connectivity index (χ3v) is 3.31. The first kappa shape index (κ1) is 9.78. The molecule has 4 nitrogen and oxygen atoms in total. The van der Waals surface area contributed by atoms with Gasteiger partial charge in [0.2, 0.25) is 0 Å². The third kappa shape index (κ3) is 1.69. The van der Waals surface area contributed by atoms with Crippen molar-refractivity contribution < 1.29 is 0 Å². The topological polar surface area (TPSA) is 50.2 Å². The summed E-state index contributed by atoms with van der Waals surface area (Å²) in [5.74, 6) is 1.97. The summed E-state index contributed by atoms with van der Waals surface area (Å²) in [6.45, 7) is 0. The number of halogens is 1. The highest BCUT2D eigenvalue weighted by atomic mass is 35.5. The number of anilines is 1. The molecular weight excluding hydrogens is 224 g/mol. The molecule has 1 heterocycles. The van der Waals surface area contributed by atoms with Crippen molar-refractivity contribution in [3.05, 3.63) is 29.4 Å². The zero-order chi connectivity index (χ0) is 11.0. The van der Waals surface area contributed by atoms with Gasteiger partial charge in [-0.15, -0.1) is 10.2 Å². The first-order valence-electron chi connectivity index (χ1n) is 5.31. The number of allylic oxidation sites excluding steroid dienone is 2. The van der Waals surface area contributed by atoms with Crippen LogP contribution in [-0.2, 0) is 0 Å². The summed E-state index contributed by atoms with van der Waals surface area (Å²) in [5.41, 5.74) is 4.14. The van der Waals surface area contributed by atoms with Gasteiger partial charge < -0.3 is 0 Å². The van der Waals surface area contributed by atoms with Gasteiger partial charge >= 0.3 is 0 Å². The molecule has 2 aliphatic rings. The van der Waals surface area contributed by atoms with Gasteiger partial charge in [-0.05, 0) is 30.9 Å². The van der Waals surface area contributed by atoms with Crippen LogP contribution in [0.1, 0.15) is 12.8 Å². The fraction of sp³-hybridized carbons (Fsp3) is 0.364. The van der Waals surface area contributed by atoms with E-state index in [9.17, 15) is 0 Å². The van der Waals surface area contributed by atoms with E-state index in [0.29, 0.717) is 16.9 Å². The molecule has 2 aliphatic carbocycles. The van der Waals surface area contributed by atoms with Crippen molar-refractivity contribution >= 4 is 23.1 Å². The van der Waals surface area contributed by atoms with Crippen molar-refractivity contribution in [1.82, 2.24) is 10.2 Å². The first-order valence-corrected chi connectivity index (χ1v) is 5.69. The van der Waals surface area contributed by atoms with Crippen molar-refractivity contribution in [3.8, 4) is 0 Å². The summed E-state index contributed by atoms with van der Waals surface area (Å²) in [5, 5.41) is 12.4. The predicted octanol–water partition coefficient (Wildman–Crippen LogP) is 2.49. The van der Waals surface area contributed by atoms with Crippen molar-refractivity contribution in [2.24, 2.45) is 16.9 Å². The lowest BCUT2D eigenvalue weighted by Gasteiger charge is -2.31. The van der Waals surface area contributed by atoms with E-state index in [1.807, 2.05) is 0 Å². The number of fused-ring (bicyclic) bond motifs is 1. The molecule has 5 heteroatoms. The molecule has 2 atom stereocenters. The van der Waals surface area contributed by atoms with Gasteiger partial charge in [-0.25, -0.2) is 0 Å². The maximum Gasteiger partial charge on any atom is 0.168 e. The van der Waals surface area contributed by atoms with Crippen molar-refractivity contribution in [2.75, 3.05) is 5.43 Å². The standard InChI is InChI=1S/C11H11ClN4/c12-10-4-5-11(16-14-10)15-13-9-6-7-2-1-3-8(7)9/h1-2,4-5,7-8H,3,6H2,(H,15,16)/b13-9-. The predicted molar refractivity (Wildman–Crippen MR) is 63.5 cm³/mol. The average Bonchev–Trinajstić information content (AvgIpc) is 2.63. The van der Waals surface area contributed by atoms with Crippen LogP contribution < -0.4 is 5.43 Å². The molecule has 1 aromatic rings. The Morgan fingerprint density at radius 2 is 2.31 bits per heavy atom. The SMILES string of the molecule is Clc1ccc(N/N=C2/CC3C=CCC23)nn1. The van der Waals surface area contributed by atoms with E-state index in [-0.39, 0.29) is 0 Å². The van der Waals surface area contributed by atoms with Crippen LogP contribution in [0.25, 0.3) is 0 Å². The molecule has 82 valence electrons. The molecule has 16 heavy (non-hydrogen) atoms. The second-order valence-electron chi connectivity index (χ2n) is 4.09. The summed E-state index contributed by atoms with van der Waals surface area (Å²) in [4.78, 5) is 0. The van der Waals surface area contributed by atoms with Crippen LogP contribution in [0.2, 0.25) is 5.15 Å². The Hall–Kier alpha value is -1.42. The van der Waals surface area contributed by atoms with E-state index >= 15 is 0 Å². The smallest absolute Gasteiger partial charge is 0.168 e. The molecule has 3 rings (SSSR count). The van der Waals surface area contributed by atoms with Crippen LogP contribution in [0.5, 0.6) is 0 Å². The Kier molecular flexibility index (Phi) is 2.36. The molecule has 1 fully saturated rings. The minimum Gasteiger partial charge on any atom is -0.260 e. The van der Waals surface area contributed by atoms with Crippen LogP contribution in [0.3, 0.4) is 0 Å². The summed E-state index contributed by atoms with van der Waals surface area (Å²) in [7, 11) is 0. The van der Waals surface area contributed by atoms with Gasteiger partial charge in [0.25, 0.3) is 0 Å². The normalized spacial score (nSPS) is 28.9. The number of nitrogens with zero attached hydrogens (tertiary/aromatic N) is 3. The summed E-state index contributed by atoms with van der Waals surface area (Å²) in [6.07, 6.45) is 6.71. The quantitative estimate of drug-likeness (QED) is 0.632. The second-order valence-corrected chi connectivity index (χ2v) is 4.48.